The van der Waals surface area contributed by atoms with Crippen molar-refractivity contribution in [1.29, 1.82) is 0 Å². The molecule has 2 unspecified atom stereocenters. The first-order valence-electron chi connectivity index (χ1n) is 7.57. The Morgan fingerprint density at radius 2 is 2.11 bits per heavy atom. The summed E-state index contributed by atoms with van der Waals surface area (Å²) in [7, 11) is 1.81. The molecule has 0 spiro atoms. The van der Waals surface area contributed by atoms with Crippen molar-refractivity contribution in [2.24, 2.45) is 11.8 Å². The highest BCUT2D eigenvalue weighted by Crippen LogP contribution is 2.20. The zero-order valence-electron chi connectivity index (χ0n) is 12.7. The number of hydrogen-bond donors (Lipinski definition) is 1. The first-order chi connectivity index (χ1) is 8.63. The molecular formula is C15H32N2O. The fraction of sp³-hybridized carbons (Fsp3) is 1.00. The molecule has 1 aliphatic rings. The number of methoxy groups -OCH3 is 1. The van der Waals surface area contributed by atoms with E-state index in [0.717, 1.165) is 37.6 Å². The minimum absolute atomic E-state index is 0.729. The van der Waals surface area contributed by atoms with Gasteiger partial charge in [-0.25, -0.2) is 0 Å². The highest BCUT2D eigenvalue weighted by atomic mass is 16.5. The third-order valence-electron chi connectivity index (χ3n) is 3.87. The summed E-state index contributed by atoms with van der Waals surface area (Å²) < 4.78 is 5.25. The van der Waals surface area contributed by atoms with Gasteiger partial charge in [0.2, 0.25) is 0 Å². The molecule has 18 heavy (non-hydrogen) atoms. The van der Waals surface area contributed by atoms with Gasteiger partial charge in [-0.15, -0.1) is 0 Å². The van der Waals surface area contributed by atoms with Crippen LogP contribution in [0.5, 0.6) is 0 Å². The predicted octanol–water partition coefficient (Wildman–Crippen LogP) is 2.37. The van der Waals surface area contributed by atoms with Gasteiger partial charge in [0.1, 0.15) is 0 Å². The third kappa shape index (κ3) is 6.17. The van der Waals surface area contributed by atoms with Crippen molar-refractivity contribution in [3.05, 3.63) is 0 Å². The van der Waals surface area contributed by atoms with Gasteiger partial charge in [-0.2, -0.15) is 0 Å². The second kappa shape index (κ2) is 8.89. The molecule has 0 aliphatic carbocycles. The summed E-state index contributed by atoms with van der Waals surface area (Å²) in [6.07, 6.45) is 3.91. The molecule has 0 saturated carbocycles. The Balaban J connectivity index is 2.05. The summed E-state index contributed by atoms with van der Waals surface area (Å²) >= 11 is 0. The highest BCUT2D eigenvalue weighted by molar-refractivity contribution is 4.79. The van der Waals surface area contributed by atoms with Crippen LogP contribution in [0.3, 0.4) is 0 Å². The van der Waals surface area contributed by atoms with Crippen molar-refractivity contribution < 1.29 is 4.74 Å². The highest BCUT2D eigenvalue weighted by Gasteiger charge is 2.25. The largest absolute Gasteiger partial charge is 0.384 e. The summed E-state index contributed by atoms with van der Waals surface area (Å²) in [6.45, 7) is 12.6. The van der Waals surface area contributed by atoms with E-state index in [1.54, 1.807) is 0 Å². The third-order valence-corrected chi connectivity index (χ3v) is 3.87. The van der Waals surface area contributed by atoms with E-state index in [0.29, 0.717) is 0 Å². The minimum atomic E-state index is 0.729. The van der Waals surface area contributed by atoms with E-state index in [1.807, 2.05) is 7.11 Å². The minimum Gasteiger partial charge on any atom is -0.384 e. The molecule has 1 heterocycles. The average Bonchev–Trinajstić information content (AvgIpc) is 2.77. The van der Waals surface area contributed by atoms with Gasteiger partial charge >= 0.3 is 0 Å². The van der Waals surface area contributed by atoms with Gasteiger partial charge < -0.3 is 15.0 Å². The lowest BCUT2D eigenvalue weighted by Crippen LogP contribution is -2.32. The Kier molecular flexibility index (Phi) is 7.87. The van der Waals surface area contributed by atoms with E-state index in [4.69, 9.17) is 4.74 Å². The first-order valence-corrected chi connectivity index (χ1v) is 7.57. The first kappa shape index (κ1) is 15.9. The molecule has 0 aromatic heterocycles. The Morgan fingerprint density at radius 1 is 1.33 bits per heavy atom. The molecule has 0 radical (unpaired) electrons. The maximum atomic E-state index is 5.25. The van der Waals surface area contributed by atoms with E-state index in [1.165, 1.54) is 32.4 Å². The van der Waals surface area contributed by atoms with Crippen LogP contribution >= 0.6 is 0 Å². The summed E-state index contributed by atoms with van der Waals surface area (Å²) in [5.74, 6) is 1.52. The molecule has 1 N–H and O–H groups in total. The molecular weight excluding hydrogens is 224 g/mol. The van der Waals surface area contributed by atoms with Gasteiger partial charge in [0.15, 0.2) is 0 Å². The van der Waals surface area contributed by atoms with E-state index < -0.39 is 0 Å². The van der Waals surface area contributed by atoms with Crippen molar-refractivity contribution in [3.8, 4) is 0 Å². The fourth-order valence-corrected chi connectivity index (χ4v) is 2.73. The van der Waals surface area contributed by atoms with Gasteiger partial charge in [-0.05, 0) is 57.7 Å². The molecule has 3 heteroatoms. The molecule has 0 amide bonds. The second-order valence-electron chi connectivity index (χ2n) is 6.19. The van der Waals surface area contributed by atoms with Gasteiger partial charge in [-0.3, -0.25) is 0 Å². The van der Waals surface area contributed by atoms with Crippen molar-refractivity contribution in [2.45, 2.75) is 46.1 Å². The monoisotopic (exact) mass is 256 g/mol. The number of likely N-dealkylation sites (tertiary alicyclic amines) is 1. The second-order valence-corrected chi connectivity index (χ2v) is 6.19. The Bertz CT molecular complexity index is 209. The summed E-state index contributed by atoms with van der Waals surface area (Å²) in [5.41, 5.74) is 0. The predicted molar refractivity (Wildman–Crippen MR) is 78.0 cm³/mol. The zero-order valence-corrected chi connectivity index (χ0v) is 12.7. The molecule has 2 atom stereocenters. The Hall–Kier alpha value is -0.120. The Morgan fingerprint density at radius 3 is 2.78 bits per heavy atom. The molecule has 0 bridgehead atoms. The number of nitrogens with zero attached hydrogens (tertiary/aromatic N) is 1. The summed E-state index contributed by atoms with van der Waals surface area (Å²) in [5, 5.41) is 3.52. The van der Waals surface area contributed by atoms with Crippen molar-refractivity contribution in [3.63, 3.8) is 0 Å². The van der Waals surface area contributed by atoms with Crippen LogP contribution in [0.1, 0.15) is 40.0 Å². The number of hydrogen-bond acceptors (Lipinski definition) is 3. The van der Waals surface area contributed by atoms with Crippen LogP contribution in [0.4, 0.5) is 0 Å². The molecule has 108 valence electrons. The number of ether oxygens (including phenoxy) is 1. The van der Waals surface area contributed by atoms with Gasteiger partial charge in [0, 0.05) is 19.7 Å². The standard InChI is InChI=1S/C15H32N2O/c1-13(2)10-16-8-5-6-14(3)17-9-7-15(11-17)12-18-4/h13-16H,5-12H2,1-4H3. The zero-order chi connectivity index (χ0) is 13.4. The maximum Gasteiger partial charge on any atom is 0.0503 e. The van der Waals surface area contributed by atoms with E-state index in [9.17, 15) is 0 Å². The van der Waals surface area contributed by atoms with Crippen LogP contribution in [0, 0.1) is 11.8 Å². The fourth-order valence-electron chi connectivity index (χ4n) is 2.73. The topological polar surface area (TPSA) is 24.5 Å². The van der Waals surface area contributed by atoms with Crippen LogP contribution < -0.4 is 5.32 Å². The normalized spacial score (nSPS) is 22.8. The van der Waals surface area contributed by atoms with E-state index in [2.05, 4.69) is 31.0 Å². The van der Waals surface area contributed by atoms with Gasteiger partial charge in [0.05, 0.1) is 6.61 Å². The summed E-state index contributed by atoms with van der Waals surface area (Å²) in [4.78, 5) is 2.63. The molecule has 0 aromatic carbocycles. The molecule has 3 nitrogen and oxygen atoms in total. The van der Waals surface area contributed by atoms with Gasteiger partial charge in [-0.1, -0.05) is 13.8 Å². The van der Waals surface area contributed by atoms with Crippen molar-refractivity contribution >= 4 is 0 Å². The van der Waals surface area contributed by atoms with E-state index >= 15 is 0 Å². The molecule has 1 aliphatic heterocycles. The van der Waals surface area contributed by atoms with Crippen molar-refractivity contribution in [2.75, 3.05) is 39.9 Å². The smallest absolute Gasteiger partial charge is 0.0503 e. The molecule has 0 aromatic rings. The van der Waals surface area contributed by atoms with Crippen LogP contribution in [-0.2, 0) is 4.74 Å². The van der Waals surface area contributed by atoms with Crippen molar-refractivity contribution in [1.82, 2.24) is 10.2 Å². The van der Waals surface area contributed by atoms with Crippen LogP contribution in [0.2, 0.25) is 0 Å². The van der Waals surface area contributed by atoms with E-state index in [-0.39, 0.29) is 0 Å². The maximum absolute atomic E-state index is 5.25. The van der Waals surface area contributed by atoms with Crippen LogP contribution in [0.25, 0.3) is 0 Å². The molecule has 1 fully saturated rings. The SMILES string of the molecule is COCC1CCN(C(C)CCCNCC(C)C)C1. The van der Waals surface area contributed by atoms with Crippen LogP contribution in [-0.4, -0.2) is 50.8 Å². The average molecular weight is 256 g/mol. The summed E-state index contributed by atoms with van der Waals surface area (Å²) in [6, 6.07) is 0.729. The number of nitrogens with one attached hydrogen (secondary N) is 1. The lowest BCUT2D eigenvalue weighted by Gasteiger charge is -2.24. The van der Waals surface area contributed by atoms with Gasteiger partial charge in [0.25, 0.3) is 0 Å². The quantitative estimate of drug-likeness (QED) is 0.641. The Labute approximate surface area is 113 Å². The number of rotatable bonds is 9. The molecule has 1 saturated heterocycles. The lowest BCUT2D eigenvalue weighted by molar-refractivity contribution is 0.147. The van der Waals surface area contributed by atoms with Crippen LogP contribution in [0.15, 0.2) is 0 Å². The lowest BCUT2D eigenvalue weighted by atomic mass is 10.1. The molecule has 1 rings (SSSR count).